The van der Waals surface area contributed by atoms with E-state index in [1.807, 2.05) is 0 Å². The summed E-state index contributed by atoms with van der Waals surface area (Å²) in [6, 6.07) is 11.1. The zero-order chi connectivity index (χ0) is 15.3. The Balaban J connectivity index is 2.08. The molecule has 0 radical (unpaired) electrons. The van der Waals surface area contributed by atoms with Crippen molar-refractivity contribution >= 4 is 10.8 Å². The molecule has 0 spiro atoms. The van der Waals surface area contributed by atoms with E-state index in [4.69, 9.17) is 0 Å². The fraction of sp³-hybridized carbons (Fsp3) is 0.647. The number of hydrogen-bond acceptors (Lipinski definition) is 3. The second-order valence-electron chi connectivity index (χ2n) is 6.51. The summed E-state index contributed by atoms with van der Waals surface area (Å²) in [5.74, 6) is 1.65. The van der Waals surface area contributed by atoms with Gasteiger partial charge >= 0.3 is 0 Å². The van der Waals surface area contributed by atoms with Crippen LogP contribution in [-0.4, -0.2) is 46.8 Å². The number of benzene rings is 1. The van der Waals surface area contributed by atoms with E-state index in [0.717, 1.165) is 37.7 Å². The van der Waals surface area contributed by atoms with Crippen LogP contribution in [0.1, 0.15) is 32.4 Å². The summed E-state index contributed by atoms with van der Waals surface area (Å²) in [6.45, 7) is 10.8. The lowest BCUT2D eigenvalue weighted by molar-refractivity contribution is 0.145. The summed E-state index contributed by atoms with van der Waals surface area (Å²) in [5, 5.41) is 3.65. The van der Waals surface area contributed by atoms with Crippen LogP contribution in [0.5, 0.6) is 0 Å². The molecule has 0 amide bonds. The van der Waals surface area contributed by atoms with Gasteiger partial charge in [0.1, 0.15) is 0 Å². The highest BCUT2D eigenvalue weighted by atomic mass is 32.2. The van der Waals surface area contributed by atoms with Crippen molar-refractivity contribution in [1.29, 1.82) is 0 Å². The molecule has 0 bridgehead atoms. The normalized spacial score (nSPS) is 19.6. The molecule has 1 aliphatic heterocycles. The molecule has 1 aromatic rings. The summed E-state index contributed by atoms with van der Waals surface area (Å²) < 4.78 is 11.5. The minimum atomic E-state index is -0.597. The SMILES string of the molecule is CCNC(c1ccccc1)C(C)(C)CN1CCS(=O)CC1. The predicted molar refractivity (Wildman–Crippen MR) is 91.0 cm³/mol. The lowest BCUT2D eigenvalue weighted by atomic mass is 9.79. The summed E-state index contributed by atoms with van der Waals surface area (Å²) in [5.41, 5.74) is 1.49. The zero-order valence-corrected chi connectivity index (χ0v) is 14.3. The Morgan fingerprint density at radius 1 is 1.24 bits per heavy atom. The summed E-state index contributed by atoms with van der Waals surface area (Å²) in [7, 11) is -0.597. The molecule has 1 atom stereocenters. The molecule has 1 saturated heterocycles. The minimum absolute atomic E-state index is 0.135. The molecule has 1 aliphatic rings. The lowest BCUT2D eigenvalue weighted by Gasteiger charge is -2.40. The summed E-state index contributed by atoms with van der Waals surface area (Å²) in [4.78, 5) is 2.47. The van der Waals surface area contributed by atoms with E-state index in [1.54, 1.807) is 0 Å². The Labute approximate surface area is 131 Å². The Hall–Kier alpha value is -0.710. The van der Waals surface area contributed by atoms with Gasteiger partial charge < -0.3 is 10.2 Å². The van der Waals surface area contributed by atoms with Gasteiger partial charge in [0.15, 0.2) is 0 Å². The van der Waals surface area contributed by atoms with Gasteiger partial charge in [0.2, 0.25) is 0 Å². The molecule has 2 rings (SSSR count). The van der Waals surface area contributed by atoms with E-state index in [2.05, 4.69) is 61.3 Å². The highest BCUT2D eigenvalue weighted by molar-refractivity contribution is 7.85. The van der Waals surface area contributed by atoms with Gasteiger partial charge in [0, 0.05) is 48.0 Å². The third-order valence-electron chi connectivity index (χ3n) is 4.22. The maximum Gasteiger partial charge on any atom is 0.0384 e. The van der Waals surface area contributed by atoms with Crippen molar-refractivity contribution in [3.63, 3.8) is 0 Å². The van der Waals surface area contributed by atoms with Crippen LogP contribution in [-0.2, 0) is 10.8 Å². The average molecular weight is 308 g/mol. The Kier molecular flexibility index (Phi) is 5.97. The van der Waals surface area contributed by atoms with E-state index >= 15 is 0 Å². The third kappa shape index (κ3) is 4.63. The summed E-state index contributed by atoms with van der Waals surface area (Å²) >= 11 is 0. The maximum atomic E-state index is 11.5. The van der Waals surface area contributed by atoms with Crippen LogP contribution in [0.3, 0.4) is 0 Å². The molecule has 0 aromatic heterocycles. The van der Waals surface area contributed by atoms with Crippen LogP contribution in [0.4, 0.5) is 0 Å². The second-order valence-corrected chi connectivity index (χ2v) is 8.21. The summed E-state index contributed by atoms with van der Waals surface area (Å²) in [6.07, 6.45) is 0. The first-order chi connectivity index (χ1) is 10.0. The highest BCUT2D eigenvalue weighted by Gasteiger charge is 2.32. The fourth-order valence-corrected chi connectivity index (χ4v) is 4.32. The molecule has 0 aliphatic carbocycles. The van der Waals surface area contributed by atoms with E-state index < -0.39 is 10.8 Å². The van der Waals surface area contributed by atoms with Crippen molar-refractivity contribution in [3.05, 3.63) is 35.9 Å². The van der Waals surface area contributed by atoms with Crippen LogP contribution in [0, 0.1) is 5.41 Å². The molecule has 21 heavy (non-hydrogen) atoms. The highest BCUT2D eigenvalue weighted by Crippen LogP contribution is 2.34. The van der Waals surface area contributed by atoms with Crippen molar-refractivity contribution in [1.82, 2.24) is 10.2 Å². The fourth-order valence-electron chi connectivity index (χ4n) is 3.20. The van der Waals surface area contributed by atoms with Gasteiger partial charge in [0.25, 0.3) is 0 Å². The van der Waals surface area contributed by atoms with Crippen LogP contribution in [0.15, 0.2) is 30.3 Å². The molecule has 1 unspecified atom stereocenters. The Morgan fingerprint density at radius 3 is 2.43 bits per heavy atom. The molecule has 4 heteroatoms. The average Bonchev–Trinajstić information content (AvgIpc) is 2.48. The van der Waals surface area contributed by atoms with Gasteiger partial charge in [-0.05, 0) is 17.5 Å². The molecule has 1 aromatic carbocycles. The van der Waals surface area contributed by atoms with Gasteiger partial charge in [-0.15, -0.1) is 0 Å². The maximum absolute atomic E-state index is 11.5. The van der Waals surface area contributed by atoms with Crippen molar-refractivity contribution in [2.24, 2.45) is 5.41 Å². The number of hydrogen-bond donors (Lipinski definition) is 1. The topological polar surface area (TPSA) is 32.3 Å². The monoisotopic (exact) mass is 308 g/mol. The van der Waals surface area contributed by atoms with Gasteiger partial charge in [-0.3, -0.25) is 4.21 Å². The molecule has 3 nitrogen and oxygen atoms in total. The van der Waals surface area contributed by atoms with E-state index in [-0.39, 0.29) is 5.41 Å². The van der Waals surface area contributed by atoms with Crippen molar-refractivity contribution < 1.29 is 4.21 Å². The van der Waals surface area contributed by atoms with Gasteiger partial charge in [-0.25, -0.2) is 0 Å². The van der Waals surface area contributed by atoms with E-state index in [0.29, 0.717) is 6.04 Å². The van der Waals surface area contributed by atoms with Crippen molar-refractivity contribution in [2.75, 3.05) is 37.7 Å². The second kappa shape index (κ2) is 7.52. The number of nitrogens with one attached hydrogen (secondary N) is 1. The van der Waals surface area contributed by atoms with Gasteiger partial charge in [-0.1, -0.05) is 51.1 Å². The van der Waals surface area contributed by atoms with Crippen molar-refractivity contribution in [3.8, 4) is 0 Å². The number of nitrogens with zero attached hydrogens (tertiary/aromatic N) is 1. The van der Waals surface area contributed by atoms with Crippen LogP contribution in [0.25, 0.3) is 0 Å². The first-order valence-corrected chi connectivity index (χ1v) is 9.37. The van der Waals surface area contributed by atoms with Crippen LogP contribution >= 0.6 is 0 Å². The smallest absolute Gasteiger partial charge is 0.0384 e. The lowest BCUT2D eigenvalue weighted by Crippen LogP contribution is -2.47. The standard InChI is InChI=1S/C17H28N2OS/c1-4-18-16(15-8-6-5-7-9-15)17(2,3)14-19-10-12-21(20)13-11-19/h5-9,16,18H,4,10-14H2,1-3H3. The molecule has 1 N–H and O–H groups in total. The van der Waals surface area contributed by atoms with Gasteiger partial charge in [-0.2, -0.15) is 0 Å². The molecule has 1 fully saturated rings. The third-order valence-corrected chi connectivity index (χ3v) is 5.50. The zero-order valence-electron chi connectivity index (χ0n) is 13.5. The molecule has 118 valence electrons. The first kappa shape index (κ1) is 16.7. The van der Waals surface area contributed by atoms with E-state index in [9.17, 15) is 4.21 Å². The van der Waals surface area contributed by atoms with Crippen LogP contribution in [0.2, 0.25) is 0 Å². The first-order valence-electron chi connectivity index (χ1n) is 7.88. The van der Waals surface area contributed by atoms with E-state index in [1.165, 1.54) is 5.56 Å². The van der Waals surface area contributed by atoms with Crippen molar-refractivity contribution in [2.45, 2.75) is 26.8 Å². The predicted octanol–water partition coefficient (Wildman–Crippen LogP) is 2.43. The van der Waals surface area contributed by atoms with Gasteiger partial charge in [0.05, 0.1) is 0 Å². The molecular formula is C17H28N2OS. The molecule has 1 heterocycles. The Bertz CT molecular complexity index is 451. The molecular weight excluding hydrogens is 280 g/mol. The van der Waals surface area contributed by atoms with Crippen LogP contribution < -0.4 is 5.32 Å². The quantitative estimate of drug-likeness (QED) is 0.876. The minimum Gasteiger partial charge on any atom is -0.310 e. The Morgan fingerprint density at radius 2 is 1.86 bits per heavy atom. The molecule has 0 saturated carbocycles. The largest absolute Gasteiger partial charge is 0.310 e. The number of rotatable bonds is 6.